The molecule has 0 saturated carbocycles. The van der Waals surface area contributed by atoms with Crippen molar-refractivity contribution in [2.75, 3.05) is 20.2 Å². The van der Waals surface area contributed by atoms with E-state index in [2.05, 4.69) is 11.1 Å². The van der Waals surface area contributed by atoms with E-state index in [1.807, 2.05) is 24.4 Å². The van der Waals surface area contributed by atoms with Crippen molar-refractivity contribution in [2.45, 2.75) is 6.42 Å². The Bertz CT molecular complexity index is 989. The number of hydrogen-bond acceptors (Lipinski definition) is 2. The van der Waals surface area contributed by atoms with Gasteiger partial charge in [-0.05, 0) is 54.5 Å². The molecule has 2 heterocycles. The van der Waals surface area contributed by atoms with Crippen LogP contribution in [0.15, 0.2) is 54.7 Å². The van der Waals surface area contributed by atoms with Crippen LogP contribution in [0.2, 0.25) is 0 Å². The number of carbonyl (C=O) groups excluding carboxylic acids is 1. The van der Waals surface area contributed by atoms with E-state index in [1.165, 1.54) is 29.8 Å². The third kappa shape index (κ3) is 2.96. The first-order valence-corrected chi connectivity index (χ1v) is 8.55. The topological polar surface area (TPSA) is 45.3 Å². The highest BCUT2D eigenvalue weighted by Gasteiger charge is 2.20. The van der Waals surface area contributed by atoms with Crippen molar-refractivity contribution >= 4 is 22.4 Å². The average Bonchev–Trinajstić information content (AvgIpc) is 3.11. The maximum absolute atomic E-state index is 13.0. The largest absolute Gasteiger partial charge is 0.497 e. The van der Waals surface area contributed by atoms with Crippen molar-refractivity contribution in [3.8, 4) is 5.75 Å². The predicted molar refractivity (Wildman–Crippen MR) is 99.7 cm³/mol. The minimum absolute atomic E-state index is 0.0686. The molecule has 26 heavy (non-hydrogen) atoms. The summed E-state index contributed by atoms with van der Waals surface area (Å²) in [6.45, 7) is 1.18. The molecule has 0 unspecified atom stereocenters. The quantitative estimate of drug-likeness (QED) is 0.768. The zero-order chi connectivity index (χ0) is 18.1. The van der Waals surface area contributed by atoms with Crippen LogP contribution in [-0.4, -0.2) is 36.0 Å². The first-order chi connectivity index (χ1) is 12.7. The fourth-order valence-corrected chi connectivity index (χ4v) is 3.37. The van der Waals surface area contributed by atoms with Crippen LogP contribution in [0.1, 0.15) is 22.3 Å². The second-order valence-electron chi connectivity index (χ2n) is 6.35. The number of H-pyrrole nitrogens is 1. The van der Waals surface area contributed by atoms with Gasteiger partial charge in [-0.1, -0.05) is 6.08 Å². The Kier molecular flexibility index (Phi) is 4.21. The average molecular weight is 350 g/mol. The number of ether oxygens (including phenoxy) is 1. The Morgan fingerprint density at radius 1 is 1.19 bits per heavy atom. The lowest BCUT2D eigenvalue weighted by atomic mass is 9.98. The highest BCUT2D eigenvalue weighted by atomic mass is 19.1. The molecule has 5 heteroatoms. The highest BCUT2D eigenvalue weighted by Crippen LogP contribution is 2.31. The molecule has 4 nitrogen and oxygen atoms in total. The molecule has 1 N–H and O–H groups in total. The smallest absolute Gasteiger partial charge is 0.254 e. The van der Waals surface area contributed by atoms with Crippen molar-refractivity contribution in [1.82, 2.24) is 9.88 Å². The summed E-state index contributed by atoms with van der Waals surface area (Å²) in [5.41, 5.74) is 3.94. The molecule has 0 spiro atoms. The van der Waals surface area contributed by atoms with Gasteiger partial charge in [-0.15, -0.1) is 0 Å². The highest BCUT2D eigenvalue weighted by molar-refractivity contribution is 5.96. The lowest BCUT2D eigenvalue weighted by Gasteiger charge is -2.26. The number of nitrogens with one attached hydrogen (secondary N) is 1. The van der Waals surface area contributed by atoms with E-state index < -0.39 is 0 Å². The molecule has 1 amide bonds. The van der Waals surface area contributed by atoms with Crippen LogP contribution in [0.4, 0.5) is 4.39 Å². The van der Waals surface area contributed by atoms with Gasteiger partial charge in [0.25, 0.3) is 5.91 Å². The second kappa shape index (κ2) is 6.67. The lowest BCUT2D eigenvalue weighted by molar-refractivity contribution is 0.0773. The number of nitrogens with zero attached hydrogens (tertiary/aromatic N) is 1. The number of methoxy groups -OCH3 is 1. The standard InChI is InChI=1S/C21H19FN2O2/c1-26-17-6-7-20-18(12-17)19(13-23-20)14-8-10-24(11-9-14)21(25)15-2-4-16(22)5-3-15/h2-8,12-13,23H,9-11H2,1H3. The maximum atomic E-state index is 13.0. The third-order valence-electron chi connectivity index (χ3n) is 4.82. The Balaban J connectivity index is 1.56. The number of rotatable bonds is 3. The lowest BCUT2D eigenvalue weighted by Crippen LogP contribution is -2.34. The van der Waals surface area contributed by atoms with Gasteiger partial charge >= 0.3 is 0 Å². The van der Waals surface area contributed by atoms with E-state index in [0.717, 1.165) is 28.6 Å². The fourth-order valence-electron chi connectivity index (χ4n) is 3.37. The fraction of sp³-hybridized carbons (Fsp3) is 0.190. The number of aromatic amines is 1. The summed E-state index contributed by atoms with van der Waals surface area (Å²) in [5.74, 6) is 0.418. The predicted octanol–water partition coefficient (Wildman–Crippen LogP) is 4.25. The maximum Gasteiger partial charge on any atom is 0.254 e. The van der Waals surface area contributed by atoms with Crippen molar-refractivity contribution < 1.29 is 13.9 Å². The molecule has 0 bridgehead atoms. The van der Waals surface area contributed by atoms with Gasteiger partial charge in [0.15, 0.2) is 0 Å². The summed E-state index contributed by atoms with van der Waals surface area (Å²) in [5, 5.41) is 1.12. The first kappa shape index (κ1) is 16.4. The summed E-state index contributed by atoms with van der Waals surface area (Å²) in [6, 6.07) is 11.7. The van der Waals surface area contributed by atoms with E-state index in [4.69, 9.17) is 4.74 Å². The number of hydrogen-bond donors (Lipinski definition) is 1. The van der Waals surface area contributed by atoms with Crippen LogP contribution in [0.5, 0.6) is 5.75 Å². The summed E-state index contributed by atoms with van der Waals surface area (Å²) >= 11 is 0. The van der Waals surface area contributed by atoms with Crippen LogP contribution < -0.4 is 4.74 Å². The van der Waals surface area contributed by atoms with Crippen molar-refractivity contribution in [3.63, 3.8) is 0 Å². The van der Waals surface area contributed by atoms with E-state index in [0.29, 0.717) is 18.7 Å². The van der Waals surface area contributed by atoms with E-state index >= 15 is 0 Å². The van der Waals surface area contributed by atoms with Crippen LogP contribution in [0.25, 0.3) is 16.5 Å². The minimum atomic E-state index is -0.336. The number of amides is 1. The summed E-state index contributed by atoms with van der Waals surface area (Å²) < 4.78 is 18.4. The van der Waals surface area contributed by atoms with Crippen molar-refractivity contribution in [3.05, 3.63) is 71.7 Å². The number of benzene rings is 2. The number of carbonyl (C=O) groups is 1. The molecular weight excluding hydrogens is 331 g/mol. The van der Waals surface area contributed by atoms with Crippen LogP contribution in [-0.2, 0) is 0 Å². The molecule has 1 aliphatic heterocycles. The van der Waals surface area contributed by atoms with Gasteiger partial charge in [-0.2, -0.15) is 0 Å². The van der Waals surface area contributed by atoms with E-state index in [1.54, 1.807) is 12.0 Å². The Morgan fingerprint density at radius 3 is 2.69 bits per heavy atom. The van der Waals surface area contributed by atoms with E-state index in [-0.39, 0.29) is 11.7 Å². The monoisotopic (exact) mass is 350 g/mol. The molecule has 0 radical (unpaired) electrons. The Hall–Kier alpha value is -3.08. The van der Waals surface area contributed by atoms with Crippen molar-refractivity contribution in [2.24, 2.45) is 0 Å². The van der Waals surface area contributed by atoms with Crippen LogP contribution >= 0.6 is 0 Å². The van der Waals surface area contributed by atoms with Gasteiger partial charge in [0.2, 0.25) is 0 Å². The molecule has 1 aromatic heterocycles. The Morgan fingerprint density at radius 2 is 2.00 bits per heavy atom. The molecule has 1 aliphatic rings. The molecule has 0 atom stereocenters. The number of aromatic nitrogens is 1. The van der Waals surface area contributed by atoms with E-state index in [9.17, 15) is 9.18 Å². The number of fused-ring (bicyclic) bond motifs is 1. The van der Waals surface area contributed by atoms with Gasteiger partial charge in [-0.3, -0.25) is 4.79 Å². The van der Waals surface area contributed by atoms with Crippen LogP contribution in [0.3, 0.4) is 0 Å². The summed E-state index contributed by atoms with van der Waals surface area (Å²) in [4.78, 5) is 17.6. The van der Waals surface area contributed by atoms with Gasteiger partial charge < -0.3 is 14.6 Å². The normalized spacial score (nSPS) is 14.4. The molecule has 3 aromatic rings. The summed E-state index contributed by atoms with van der Waals surface area (Å²) in [6.07, 6.45) is 4.87. The number of halogens is 1. The van der Waals surface area contributed by atoms with Gasteiger partial charge in [0, 0.05) is 41.3 Å². The van der Waals surface area contributed by atoms with Gasteiger partial charge in [-0.25, -0.2) is 4.39 Å². The molecule has 2 aromatic carbocycles. The molecule has 0 fully saturated rings. The molecule has 132 valence electrons. The van der Waals surface area contributed by atoms with Gasteiger partial charge in [0.05, 0.1) is 7.11 Å². The molecule has 0 saturated heterocycles. The molecule has 4 rings (SSSR count). The Labute approximate surface area is 150 Å². The summed E-state index contributed by atoms with van der Waals surface area (Å²) in [7, 11) is 1.66. The third-order valence-corrected chi connectivity index (χ3v) is 4.82. The molecule has 0 aliphatic carbocycles. The second-order valence-corrected chi connectivity index (χ2v) is 6.35. The van der Waals surface area contributed by atoms with Crippen LogP contribution in [0, 0.1) is 5.82 Å². The zero-order valence-electron chi connectivity index (χ0n) is 14.5. The van der Waals surface area contributed by atoms with Crippen molar-refractivity contribution in [1.29, 1.82) is 0 Å². The molecular formula is C21H19FN2O2. The first-order valence-electron chi connectivity index (χ1n) is 8.55. The minimum Gasteiger partial charge on any atom is -0.497 e. The zero-order valence-corrected chi connectivity index (χ0v) is 14.5. The SMILES string of the molecule is COc1ccc2[nH]cc(C3=CCN(C(=O)c4ccc(F)cc4)CC3)c2c1. The van der Waals surface area contributed by atoms with Gasteiger partial charge in [0.1, 0.15) is 11.6 Å².